The number of hydrogen-bond acceptors (Lipinski definition) is 6. The highest BCUT2D eigenvalue weighted by atomic mass is 16.5. The molecule has 0 saturated heterocycles. The predicted octanol–water partition coefficient (Wildman–Crippen LogP) is 13.4. The first-order chi connectivity index (χ1) is 26.3. The van der Waals surface area contributed by atoms with Crippen molar-refractivity contribution >= 4 is 23.9 Å². The van der Waals surface area contributed by atoms with Crippen LogP contribution in [0.15, 0.2) is 24.3 Å². The van der Waals surface area contributed by atoms with E-state index in [2.05, 4.69) is 38.2 Å². The Morgan fingerprint density at radius 2 is 0.722 bits per heavy atom. The van der Waals surface area contributed by atoms with E-state index in [1.54, 1.807) is 0 Å². The lowest BCUT2D eigenvalue weighted by molar-refractivity contribution is -0.150. The Balaban J connectivity index is 4.25. The minimum absolute atomic E-state index is 0.0486. The van der Waals surface area contributed by atoms with Gasteiger partial charge >= 0.3 is 23.9 Å². The van der Waals surface area contributed by atoms with E-state index in [-0.39, 0.29) is 37.0 Å². The molecular weight excluding hydrogens is 680 g/mol. The summed E-state index contributed by atoms with van der Waals surface area (Å²) in [7, 11) is 0. The van der Waals surface area contributed by atoms with Gasteiger partial charge in [-0.05, 0) is 77.0 Å². The van der Waals surface area contributed by atoms with Gasteiger partial charge in [-0.25, -0.2) is 0 Å². The summed E-state index contributed by atoms with van der Waals surface area (Å²) in [5.74, 6) is -1.59. The Morgan fingerprint density at radius 1 is 0.407 bits per heavy atom. The first kappa shape index (κ1) is 51.4. The van der Waals surface area contributed by atoms with Gasteiger partial charge in [0, 0.05) is 38.5 Å². The van der Waals surface area contributed by atoms with E-state index < -0.39 is 11.9 Å². The molecule has 0 radical (unpaired) electrons. The number of carbonyl (C=O) groups is 4. The van der Waals surface area contributed by atoms with Crippen molar-refractivity contribution in [3.05, 3.63) is 24.3 Å². The van der Waals surface area contributed by atoms with E-state index in [0.29, 0.717) is 12.8 Å². The van der Waals surface area contributed by atoms with Crippen molar-refractivity contribution in [2.45, 2.75) is 244 Å². The van der Waals surface area contributed by atoms with Gasteiger partial charge in [-0.2, -0.15) is 0 Å². The third kappa shape index (κ3) is 39.1. The molecule has 314 valence electrons. The Kier molecular flexibility index (Phi) is 38.1. The van der Waals surface area contributed by atoms with Crippen LogP contribution in [-0.2, 0) is 28.7 Å². The Labute approximate surface area is 330 Å². The van der Waals surface area contributed by atoms with Gasteiger partial charge in [0.05, 0.1) is 0 Å². The van der Waals surface area contributed by atoms with Gasteiger partial charge in [-0.15, -0.1) is 0 Å². The van der Waals surface area contributed by atoms with Crippen LogP contribution in [0.3, 0.4) is 0 Å². The molecule has 0 saturated carbocycles. The van der Waals surface area contributed by atoms with Gasteiger partial charge in [0.1, 0.15) is 12.2 Å². The molecule has 0 unspecified atom stereocenters. The van der Waals surface area contributed by atoms with Crippen molar-refractivity contribution in [3.63, 3.8) is 0 Å². The SMILES string of the molecule is CCCCCC[C@@H](C/C=C\CCCCCCCC(=O)O)OC(=O)CCCCCCCCC(=O)O[C@@H](C/C=C\CCCCCCCC(=O)O)CCCCCC. The third-order valence-corrected chi connectivity index (χ3v) is 10.0. The summed E-state index contributed by atoms with van der Waals surface area (Å²) >= 11 is 0. The topological polar surface area (TPSA) is 127 Å². The second-order valence-electron chi connectivity index (χ2n) is 15.4. The van der Waals surface area contributed by atoms with E-state index in [0.717, 1.165) is 154 Å². The summed E-state index contributed by atoms with van der Waals surface area (Å²) in [6.07, 6.45) is 40.7. The maximum absolute atomic E-state index is 12.7. The van der Waals surface area contributed by atoms with Crippen LogP contribution in [-0.4, -0.2) is 46.3 Å². The molecule has 0 aliphatic rings. The largest absolute Gasteiger partial charge is 0.481 e. The minimum atomic E-state index is -0.711. The summed E-state index contributed by atoms with van der Waals surface area (Å²) in [5, 5.41) is 17.5. The van der Waals surface area contributed by atoms with Crippen LogP contribution in [0.4, 0.5) is 0 Å². The van der Waals surface area contributed by atoms with E-state index in [1.165, 1.54) is 38.5 Å². The molecule has 0 aromatic carbocycles. The average molecular weight is 763 g/mol. The molecule has 0 spiro atoms. The van der Waals surface area contributed by atoms with Gasteiger partial charge < -0.3 is 19.7 Å². The lowest BCUT2D eigenvalue weighted by atomic mass is 10.1. The zero-order valence-corrected chi connectivity index (χ0v) is 34.8. The summed E-state index contributed by atoms with van der Waals surface area (Å²) in [5.41, 5.74) is 0. The Hall–Kier alpha value is -2.64. The zero-order chi connectivity index (χ0) is 39.7. The number of carboxylic acid groups (broad SMARTS) is 2. The maximum Gasteiger partial charge on any atom is 0.306 e. The van der Waals surface area contributed by atoms with E-state index >= 15 is 0 Å². The molecule has 2 atom stereocenters. The second kappa shape index (κ2) is 40.0. The number of aliphatic carboxylic acids is 2. The molecule has 54 heavy (non-hydrogen) atoms. The highest BCUT2D eigenvalue weighted by Crippen LogP contribution is 2.18. The molecule has 8 heteroatoms. The van der Waals surface area contributed by atoms with Gasteiger partial charge in [0.25, 0.3) is 0 Å². The molecule has 0 aliphatic heterocycles. The van der Waals surface area contributed by atoms with Crippen LogP contribution in [0.5, 0.6) is 0 Å². The summed E-state index contributed by atoms with van der Waals surface area (Å²) < 4.78 is 11.8. The molecule has 0 amide bonds. The smallest absolute Gasteiger partial charge is 0.306 e. The molecule has 2 N–H and O–H groups in total. The van der Waals surface area contributed by atoms with Crippen molar-refractivity contribution in [2.24, 2.45) is 0 Å². The fourth-order valence-corrected chi connectivity index (χ4v) is 6.65. The molecule has 0 rings (SSSR count). The highest BCUT2D eigenvalue weighted by Gasteiger charge is 2.14. The monoisotopic (exact) mass is 763 g/mol. The quantitative estimate of drug-likeness (QED) is 0.0358. The van der Waals surface area contributed by atoms with Crippen molar-refractivity contribution in [3.8, 4) is 0 Å². The van der Waals surface area contributed by atoms with Gasteiger partial charge in [-0.1, -0.05) is 141 Å². The molecular formula is C46H82O8. The number of carboxylic acids is 2. The molecule has 0 aliphatic carbocycles. The number of rotatable bonds is 41. The molecule has 0 bridgehead atoms. The number of ether oxygens (including phenoxy) is 2. The van der Waals surface area contributed by atoms with Crippen molar-refractivity contribution in [2.75, 3.05) is 0 Å². The van der Waals surface area contributed by atoms with E-state index in [9.17, 15) is 19.2 Å². The highest BCUT2D eigenvalue weighted by molar-refractivity contribution is 5.70. The normalized spacial score (nSPS) is 12.7. The maximum atomic E-state index is 12.7. The minimum Gasteiger partial charge on any atom is -0.481 e. The molecule has 0 heterocycles. The van der Waals surface area contributed by atoms with Gasteiger partial charge in [0.15, 0.2) is 0 Å². The van der Waals surface area contributed by atoms with Crippen LogP contribution < -0.4 is 0 Å². The van der Waals surface area contributed by atoms with Crippen LogP contribution in [0.25, 0.3) is 0 Å². The first-order valence-corrected chi connectivity index (χ1v) is 22.4. The van der Waals surface area contributed by atoms with E-state index in [1.807, 2.05) is 0 Å². The van der Waals surface area contributed by atoms with Crippen molar-refractivity contribution in [1.82, 2.24) is 0 Å². The lowest BCUT2D eigenvalue weighted by Gasteiger charge is -2.17. The molecule has 0 fully saturated rings. The van der Waals surface area contributed by atoms with E-state index in [4.69, 9.17) is 19.7 Å². The first-order valence-electron chi connectivity index (χ1n) is 22.4. The molecule has 8 nitrogen and oxygen atoms in total. The van der Waals surface area contributed by atoms with Crippen molar-refractivity contribution < 1.29 is 38.9 Å². The summed E-state index contributed by atoms with van der Waals surface area (Å²) in [6, 6.07) is 0. The average Bonchev–Trinajstić information content (AvgIpc) is 3.13. The fourth-order valence-electron chi connectivity index (χ4n) is 6.65. The standard InChI is InChI=1S/C46H82O8/c1-3-5-7-25-33-41(35-27-19-13-9-11-15-21-29-37-43(47)48)53-45(51)39-31-23-17-18-24-32-40-46(52)54-42(34-26-8-6-4-2)36-28-20-14-10-12-16-22-30-38-44(49)50/h19-20,27-28,41-42H,3-18,21-26,29-40H2,1-2H3,(H,47,48)(H,49,50)/b27-19-,28-20-/t41-,42+. The number of unbranched alkanes of at least 4 members (excludes halogenated alkanes) is 21. The molecule has 0 aromatic rings. The Morgan fingerprint density at radius 3 is 1.07 bits per heavy atom. The molecule has 0 aromatic heterocycles. The number of esters is 2. The van der Waals surface area contributed by atoms with Gasteiger partial charge in [0.2, 0.25) is 0 Å². The summed E-state index contributed by atoms with van der Waals surface area (Å²) in [6.45, 7) is 4.41. The number of hydrogen-bond donors (Lipinski definition) is 2. The predicted molar refractivity (Wildman–Crippen MR) is 222 cm³/mol. The second-order valence-corrected chi connectivity index (χ2v) is 15.4. The fraction of sp³-hybridized carbons (Fsp3) is 0.826. The lowest BCUT2D eigenvalue weighted by Crippen LogP contribution is -2.17. The van der Waals surface area contributed by atoms with Crippen LogP contribution in [0.1, 0.15) is 232 Å². The third-order valence-electron chi connectivity index (χ3n) is 10.0. The Bertz CT molecular complexity index is 882. The summed E-state index contributed by atoms with van der Waals surface area (Å²) in [4.78, 5) is 46.5. The van der Waals surface area contributed by atoms with Crippen LogP contribution in [0, 0.1) is 0 Å². The van der Waals surface area contributed by atoms with Crippen molar-refractivity contribution in [1.29, 1.82) is 0 Å². The van der Waals surface area contributed by atoms with Crippen LogP contribution >= 0.6 is 0 Å². The number of allylic oxidation sites excluding steroid dienone is 2. The number of carbonyl (C=O) groups excluding carboxylic acids is 2. The zero-order valence-electron chi connectivity index (χ0n) is 34.8. The van der Waals surface area contributed by atoms with Crippen LogP contribution in [0.2, 0.25) is 0 Å². The van der Waals surface area contributed by atoms with Gasteiger partial charge in [-0.3, -0.25) is 19.2 Å².